The van der Waals surface area contributed by atoms with Gasteiger partial charge in [-0.15, -0.1) is 0 Å². The van der Waals surface area contributed by atoms with E-state index < -0.39 is 0 Å². The van der Waals surface area contributed by atoms with Gasteiger partial charge in [0.15, 0.2) is 0 Å². The number of rotatable bonds is 7. The average Bonchev–Trinajstić information content (AvgIpc) is 2.56. The first-order valence-corrected chi connectivity index (χ1v) is 7.01. The van der Waals surface area contributed by atoms with Gasteiger partial charge in [0.2, 0.25) is 6.41 Å². The highest BCUT2D eigenvalue weighted by Gasteiger charge is 2.15. The van der Waals surface area contributed by atoms with Crippen molar-refractivity contribution in [2.45, 2.75) is 12.5 Å². The van der Waals surface area contributed by atoms with Gasteiger partial charge in [0, 0.05) is 17.9 Å². The SMILES string of the molecule is O=CNc1ccc(C(=O)NC(CCO)c2ccccc2)cc1. The van der Waals surface area contributed by atoms with Gasteiger partial charge in [0.25, 0.3) is 5.91 Å². The molecule has 5 nitrogen and oxygen atoms in total. The summed E-state index contributed by atoms with van der Waals surface area (Å²) in [5.74, 6) is -0.222. The number of aliphatic hydroxyl groups excluding tert-OH is 1. The molecule has 3 N–H and O–H groups in total. The molecule has 0 fully saturated rings. The molecule has 0 aromatic heterocycles. The Bertz CT molecular complexity index is 612. The molecule has 0 saturated heterocycles. The van der Waals surface area contributed by atoms with Gasteiger partial charge in [0.05, 0.1) is 6.04 Å². The Labute approximate surface area is 129 Å². The van der Waals surface area contributed by atoms with Gasteiger partial charge in [-0.2, -0.15) is 0 Å². The fourth-order valence-corrected chi connectivity index (χ4v) is 2.16. The monoisotopic (exact) mass is 298 g/mol. The van der Waals surface area contributed by atoms with E-state index in [1.165, 1.54) is 0 Å². The Kier molecular flexibility index (Phi) is 5.68. The van der Waals surface area contributed by atoms with Crippen LogP contribution < -0.4 is 10.6 Å². The van der Waals surface area contributed by atoms with Gasteiger partial charge >= 0.3 is 0 Å². The van der Waals surface area contributed by atoms with Crippen LogP contribution in [0.1, 0.15) is 28.4 Å². The van der Waals surface area contributed by atoms with Crippen LogP contribution in [0.15, 0.2) is 54.6 Å². The molecule has 1 unspecified atom stereocenters. The minimum absolute atomic E-state index is 0.0119. The van der Waals surface area contributed by atoms with Crippen molar-refractivity contribution in [3.63, 3.8) is 0 Å². The molecule has 0 saturated carbocycles. The predicted octanol–water partition coefficient (Wildman–Crippen LogP) is 2.11. The predicted molar refractivity (Wildman–Crippen MR) is 84.5 cm³/mol. The first-order valence-electron chi connectivity index (χ1n) is 7.01. The molecular weight excluding hydrogens is 280 g/mol. The van der Waals surface area contributed by atoms with Crippen LogP contribution in [-0.4, -0.2) is 24.0 Å². The third-order valence-corrected chi connectivity index (χ3v) is 3.30. The van der Waals surface area contributed by atoms with E-state index in [9.17, 15) is 14.7 Å². The third-order valence-electron chi connectivity index (χ3n) is 3.30. The highest BCUT2D eigenvalue weighted by molar-refractivity contribution is 5.95. The lowest BCUT2D eigenvalue weighted by Crippen LogP contribution is -2.29. The number of anilines is 1. The number of hydrogen-bond acceptors (Lipinski definition) is 3. The number of hydrogen-bond donors (Lipinski definition) is 3. The molecule has 0 radical (unpaired) electrons. The van der Waals surface area contributed by atoms with Gasteiger partial charge in [-0.05, 0) is 36.2 Å². The average molecular weight is 298 g/mol. The molecule has 0 aliphatic carbocycles. The Hall–Kier alpha value is -2.66. The fourth-order valence-electron chi connectivity index (χ4n) is 2.16. The maximum absolute atomic E-state index is 12.3. The number of carbonyl (C=O) groups excluding carboxylic acids is 2. The van der Waals surface area contributed by atoms with Crippen LogP contribution in [0.2, 0.25) is 0 Å². The molecular formula is C17H18N2O3. The van der Waals surface area contributed by atoms with E-state index in [1.807, 2.05) is 30.3 Å². The lowest BCUT2D eigenvalue weighted by Gasteiger charge is -2.18. The van der Waals surface area contributed by atoms with Crippen LogP contribution in [0.5, 0.6) is 0 Å². The largest absolute Gasteiger partial charge is 0.396 e. The van der Waals surface area contributed by atoms with Gasteiger partial charge in [-0.3, -0.25) is 9.59 Å². The normalized spacial score (nSPS) is 11.5. The Morgan fingerprint density at radius 1 is 1.09 bits per heavy atom. The lowest BCUT2D eigenvalue weighted by atomic mass is 10.0. The van der Waals surface area contributed by atoms with E-state index in [4.69, 9.17) is 0 Å². The number of amides is 2. The second kappa shape index (κ2) is 7.95. The van der Waals surface area contributed by atoms with E-state index in [0.29, 0.717) is 24.1 Å². The summed E-state index contributed by atoms with van der Waals surface area (Å²) >= 11 is 0. The van der Waals surface area contributed by atoms with Crippen LogP contribution >= 0.6 is 0 Å². The number of benzene rings is 2. The topological polar surface area (TPSA) is 78.4 Å². The van der Waals surface area contributed by atoms with Crippen LogP contribution in [0.3, 0.4) is 0 Å². The van der Waals surface area contributed by atoms with Crippen LogP contribution in [0.25, 0.3) is 0 Å². The highest BCUT2D eigenvalue weighted by Crippen LogP contribution is 2.17. The maximum atomic E-state index is 12.3. The van der Waals surface area contributed by atoms with Crippen LogP contribution in [-0.2, 0) is 4.79 Å². The molecule has 0 bridgehead atoms. The van der Waals surface area contributed by atoms with Crippen molar-refractivity contribution in [1.82, 2.24) is 5.32 Å². The second-order valence-corrected chi connectivity index (χ2v) is 4.79. The van der Waals surface area contributed by atoms with Crippen LogP contribution in [0.4, 0.5) is 5.69 Å². The highest BCUT2D eigenvalue weighted by atomic mass is 16.3. The van der Waals surface area contributed by atoms with Crippen molar-refractivity contribution in [3.05, 3.63) is 65.7 Å². The van der Waals surface area contributed by atoms with Gasteiger partial charge in [-0.25, -0.2) is 0 Å². The van der Waals surface area contributed by atoms with E-state index >= 15 is 0 Å². The summed E-state index contributed by atoms with van der Waals surface area (Å²) in [5.41, 5.74) is 2.07. The van der Waals surface area contributed by atoms with Gasteiger partial charge in [-0.1, -0.05) is 30.3 Å². The minimum Gasteiger partial charge on any atom is -0.396 e. The van der Waals surface area contributed by atoms with Crippen molar-refractivity contribution >= 4 is 18.0 Å². The van der Waals surface area contributed by atoms with E-state index in [2.05, 4.69) is 10.6 Å². The Morgan fingerprint density at radius 3 is 2.36 bits per heavy atom. The Balaban J connectivity index is 2.09. The number of nitrogens with one attached hydrogen (secondary N) is 2. The lowest BCUT2D eigenvalue weighted by molar-refractivity contribution is -0.105. The van der Waals surface area contributed by atoms with Crippen molar-refractivity contribution in [3.8, 4) is 0 Å². The van der Waals surface area contributed by atoms with Gasteiger partial charge < -0.3 is 15.7 Å². The molecule has 0 heterocycles. The summed E-state index contributed by atoms with van der Waals surface area (Å²) in [5, 5.41) is 14.6. The Morgan fingerprint density at radius 2 is 1.77 bits per heavy atom. The smallest absolute Gasteiger partial charge is 0.251 e. The van der Waals surface area contributed by atoms with E-state index in [-0.39, 0.29) is 18.6 Å². The van der Waals surface area contributed by atoms with E-state index in [0.717, 1.165) is 5.56 Å². The number of carbonyl (C=O) groups is 2. The molecule has 0 aliphatic heterocycles. The molecule has 2 aromatic carbocycles. The summed E-state index contributed by atoms with van der Waals surface area (Å²) in [6, 6.07) is 15.9. The zero-order valence-corrected chi connectivity index (χ0v) is 12.0. The molecule has 114 valence electrons. The molecule has 2 amide bonds. The third kappa shape index (κ3) is 4.17. The van der Waals surface area contributed by atoms with Crippen molar-refractivity contribution in [2.24, 2.45) is 0 Å². The standard InChI is InChI=1S/C17H18N2O3/c20-11-10-16(13-4-2-1-3-5-13)19-17(22)14-6-8-15(9-7-14)18-12-21/h1-9,12,16,20H,10-11H2,(H,18,21)(H,19,22). The maximum Gasteiger partial charge on any atom is 0.251 e. The fraction of sp³-hybridized carbons (Fsp3) is 0.176. The van der Waals surface area contributed by atoms with Gasteiger partial charge in [0.1, 0.15) is 0 Å². The van der Waals surface area contributed by atoms with Crippen molar-refractivity contribution in [1.29, 1.82) is 0 Å². The summed E-state index contributed by atoms with van der Waals surface area (Å²) in [4.78, 5) is 22.6. The second-order valence-electron chi connectivity index (χ2n) is 4.79. The zero-order valence-electron chi connectivity index (χ0n) is 12.0. The quantitative estimate of drug-likeness (QED) is 0.685. The van der Waals surface area contributed by atoms with E-state index in [1.54, 1.807) is 24.3 Å². The molecule has 0 aliphatic rings. The summed E-state index contributed by atoms with van der Waals surface area (Å²) < 4.78 is 0. The van der Waals surface area contributed by atoms with Crippen LogP contribution in [0, 0.1) is 0 Å². The first-order chi connectivity index (χ1) is 10.7. The summed E-state index contributed by atoms with van der Waals surface area (Å²) in [6.45, 7) is -0.0119. The summed E-state index contributed by atoms with van der Waals surface area (Å²) in [7, 11) is 0. The molecule has 22 heavy (non-hydrogen) atoms. The molecule has 2 aromatic rings. The molecule has 2 rings (SSSR count). The number of aliphatic hydroxyl groups is 1. The zero-order chi connectivity index (χ0) is 15.8. The first kappa shape index (κ1) is 15.7. The minimum atomic E-state index is -0.244. The van der Waals surface area contributed by atoms with Crippen molar-refractivity contribution in [2.75, 3.05) is 11.9 Å². The van der Waals surface area contributed by atoms with Crippen molar-refractivity contribution < 1.29 is 14.7 Å². The molecule has 5 heteroatoms. The summed E-state index contributed by atoms with van der Waals surface area (Å²) in [6.07, 6.45) is 1.03. The molecule has 0 spiro atoms. The molecule has 1 atom stereocenters.